The number of benzene rings is 3. The highest BCUT2D eigenvalue weighted by Crippen LogP contribution is 2.39. The van der Waals surface area contributed by atoms with Crippen LogP contribution in [0.5, 0.6) is 0 Å². The third-order valence-corrected chi connectivity index (χ3v) is 4.05. The van der Waals surface area contributed by atoms with Crippen molar-refractivity contribution in [1.82, 2.24) is 0 Å². The van der Waals surface area contributed by atoms with Gasteiger partial charge < -0.3 is 0 Å². The molecule has 0 saturated heterocycles. The number of carbonyl (C=O) groups is 1. The summed E-state index contributed by atoms with van der Waals surface area (Å²) >= 11 is 0. The van der Waals surface area contributed by atoms with E-state index < -0.39 is 62.6 Å². The lowest BCUT2D eigenvalue weighted by Gasteiger charge is -2.19. The summed E-state index contributed by atoms with van der Waals surface area (Å²) in [6.45, 7) is 0. The molecule has 0 aliphatic heterocycles. The predicted octanol–water partition coefficient (Wildman–Crippen LogP) is 3.94. The van der Waals surface area contributed by atoms with E-state index in [0.717, 1.165) is 12.1 Å². The molecule has 1 unspecified atom stereocenters. The van der Waals surface area contributed by atoms with Gasteiger partial charge in [-0.1, -0.05) is 12.1 Å². The van der Waals surface area contributed by atoms with Crippen molar-refractivity contribution in [2.24, 2.45) is 0 Å². The third kappa shape index (κ3) is 1.51. The maximum absolute atomic E-state index is 14.2. The molecule has 1 aliphatic carbocycles. The van der Waals surface area contributed by atoms with Crippen molar-refractivity contribution in [2.45, 2.75) is 6.17 Å². The van der Waals surface area contributed by atoms with Crippen LogP contribution in [-0.4, -0.2) is 5.78 Å². The van der Waals surface area contributed by atoms with Gasteiger partial charge in [-0.15, -0.1) is 0 Å². The van der Waals surface area contributed by atoms with Gasteiger partial charge in [-0.25, -0.2) is 26.3 Å². The van der Waals surface area contributed by atoms with Gasteiger partial charge in [0.15, 0.2) is 35.3 Å². The minimum absolute atomic E-state index is 0.0628. The van der Waals surface area contributed by atoms with Crippen LogP contribution in [0.2, 0.25) is 0 Å². The number of alkyl halides is 1. The minimum Gasteiger partial charge on any atom is -0.288 e. The van der Waals surface area contributed by atoms with Crippen LogP contribution < -0.4 is 5.22 Å². The molecule has 1 atom stereocenters. The highest BCUT2D eigenvalue weighted by atomic mass is 19.2. The molecule has 0 N–H and O–H groups in total. The first-order chi connectivity index (χ1) is 10.8. The Morgan fingerprint density at radius 1 is 0.826 bits per heavy atom. The predicted molar refractivity (Wildman–Crippen MR) is 69.9 cm³/mol. The second kappa shape index (κ2) is 4.24. The largest absolute Gasteiger partial charge is 0.288 e. The number of hydrogen-bond donors (Lipinski definition) is 0. The Bertz CT molecular complexity index is 1100. The van der Waals surface area contributed by atoms with Crippen LogP contribution in [0, 0.1) is 23.3 Å². The van der Waals surface area contributed by atoms with Crippen LogP contribution in [-0.2, 0) is 4.79 Å². The number of ketones is 1. The molecule has 3 aromatic carbocycles. The monoisotopic (exact) mass is 326 g/mol. The Labute approximate surface area is 123 Å². The van der Waals surface area contributed by atoms with E-state index in [4.69, 9.17) is 0 Å². The summed E-state index contributed by atoms with van der Waals surface area (Å²) in [6, 6.07) is 2.89. The molecule has 4 rings (SSSR count). The third-order valence-electron chi connectivity index (χ3n) is 4.05. The van der Waals surface area contributed by atoms with E-state index in [1.807, 2.05) is 0 Å². The van der Waals surface area contributed by atoms with Crippen LogP contribution in [0.15, 0.2) is 18.2 Å². The molecule has 0 heterocycles. The minimum atomic E-state index is -2.42. The summed E-state index contributed by atoms with van der Waals surface area (Å²) in [7, 11) is 0. The molecule has 0 bridgehead atoms. The van der Waals surface area contributed by atoms with E-state index >= 15 is 0 Å². The second-order valence-electron chi connectivity index (χ2n) is 5.22. The molecule has 7 heteroatoms. The van der Waals surface area contributed by atoms with E-state index in [0.29, 0.717) is 6.07 Å². The number of rotatable bonds is 0. The Kier molecular flexibility index (Phi) is 2.59. The molecule has 1 aliphatic rings. The number of halogens is 6. The highest BCUT2D eigenvalue weighted by molar-refractivity contribution is 6.22. The Balaban J connectivity index is 2.49. The summed E-state index contributed by atoms with van der Waals surface area (Å²) in [6.07, 6.45) is -2.42. The number of Topliss-reactive ketones (excluding diaryl/α,β-unsaturated/α-hetero) is 1. The summed E-state index contributed by atoms with van der Waals surface area (Å²) < 4.78 is 83.9. The number of hydrogen-bond acceptors (Lipinski definition) is 1. The number of carbonyl (C=O) groups excluding carboxylic acids is 1. The van der Waals surface area contributed by atoms with Gasteiger partial charge in [0, 0.05) is 16.3 Å². The van der Waals surface area contributed by atoms with E-state index in [1.54, 1.807) is 0 Å². The quantitative estimate of drug-likeness (QED) is 0.572. The van der Waals surface area contributed by atoms with Gasteiger partial charge in [-0.05, 0) is 11.5 Å². The molecule has 0 radical (unpaired) electrons. The van der Waals surface area contributed by atoms with Crippen LogP contribution in [0.4, 0.5) is 26.3 Å². The molecule has 0 spiro atoms. The molecule has 116 valence electrons. The van der Waals surface area contributed by atoms with Crippen LogP contribution in [0.25, 0.3) is 27.4 Å². The maximum atomic E-state index is 14.2. The summed E-state index contributed by atoms with van der Waals surface area (Å²) in [5.74, 6) is -10.2. The average molecular weight is 326 g/mol. The van der Waals surface area contributed by atoms with Crippen molar-refractivity contribution in [2.75, 3.05) is 0 Å². The molecule has 0 aromatic heterocycles. The first-order valence-electron chi connectivity index (χ1n) is 6.43. The molecular formula is C16H4F6O. The maximum Gasteiger partial charge on any atom is 0.230 e. The van der Waals surface area contributed by atoms with Crippen LogP contribution in [0.3, 0.4) is 0 Å². The van der Waals surface area contributed by atoms with Crippen molar-refractivity contribution in [3.8, 4) is 0 Å². The zero-order chi connectivity index (χ0) is 16.6. The fourth-order valence-corrected chi connectivity index (χ4v) is 3.05. The molecule has 0 amide bonds. The fraction of sp³-hybridized carbons (Fsp3) is 0.0625. The lowest BCUT2D eigenvalue weighted by molar-refractivity contribution is -0.119. The van der Waals surface area contributed by atoms with Crippen molar-refractivity contribution in [3.63, 3.8) is 0 Å². The summed E-state index contributed by atoms with van der Waals surface area (Å²) in [4.78, 5) is 11.5. The molecule has 3 aromatic rings. The van der Waals surface area contributed by atoms with Gasteiger partial charge in [0.1, 0.15) is 0 Å². The first kappa shape index (κ1) is 14.0. The zero-order valence-electron chi connectivity index (χ0n) is 11.0. The van der Waals surface area contributed by atoms with E-state index in [9.17, 15) is 31.1 Å². The highest BCUT2D eigenvalue weighted by Gasteiger charge is 2.35. The van der Waals surface area contributed by atoms with Crippen LogP contribution in [0.1, 0.15) is 11.7 Å². The Hall–Kier alpha value is -2.57. The van der Waals surface area contributed by atoms with E-state index in [2.05, 4.69) is 0 Å². The van der Waals surface area contributed by atoms with E-state index in [-0.39, 0.29) is 10.8 Å². The zero-order valence-corrected chi connectivity index (χ0v) is 11.0. The fourth-order valence-electron chi connectivity index (χ4n) is 3.05. The van der Waals surface area contributed by atoms with Gasteiger partial charge in [0.05, 0.1) is 10.6 Å². The van der Waals surface area contributed by atoms with Gasteiger partial charge in [-0.2, -0.15) is 0 Å². The van der Waals surface area contributed by atoms with Crippen molar-refractivity contribution in [3.05, 3.63) is 52.3 Å². The summed E-state index contributed by atoms with van der Waals surface area (Å²) in [5, 5.41) is -2.97. The van der Waals surface area contributed by atoms with Crippen LogP contribution >= 0.6 is 0 Å². The SMILES string of the molecule is O=C1C(F)=c2c(F)c(F)c3c(F)c(F)cc4ccc(c2c43)C1F. The molecule has 23 heavy (non-hydrogen) atoms. The van der Waals surface area contributed by atoms with Gasteiger partial charge in [0.2, 0.25) is 5.78 Å². The molecule has 0 saturated carbocycles. The topological polar surface area (TPSA) is 17.1 Å². The Morgan fingerprint density at radius 2 is 1.52 bits per heavy atom. The second-order valence-corrected chi connectivity index (χ2v) is 5.22. The summed E-state index contributed by atoms with van der Waals surface area (Å²) in [5.41, 5.74) is -0.409. The van der Waals surface area contributed by atoms with Crippen molar-refractivity contribution in [1.29, 1.82) is 0 Å². The van der Waals surface area contributed by atoms with Gasteiger partial charge >= 0.3 is 0 Å². The lowest BCUT2D eigenvalue weighted by atomic mass is 9.87. The van der Waals surface area contributed by atoms with Crippen molar-refractivity contribution >= 4 is 33.2 Å². The first-order valence-corrected chi connectivity index (χ1v) is 6.43. The smallest absolute Gasteiger partial charge is 0.230 e. The average Bonchev–Trinajstić information content (AvgIpc) is 2.52. The lowest BCUT2D eigenvalue weighted by Crippen LogP contribution is -2.27. The Morgan fingerprint density at radius 3 is 2.22 bits per heavy atom. The van der Waals surface area contributed by atoms with Gasteiger partial charge in [0.25, 0.3) is 0 Å². The van der Waals surface area contributed by atoms with Crippen molar-refractivity contribution < 1.29 is 31.1 Å². The molecule has 0 fully saturated rings. The molecule has 1 nitrogen and oxygen atoms in total. The van der Waals surface area contributed by atoms with Gasteiger partial charge in [-0.3, -0.25) is 4.79 Å². The molecular weight excluding hydrogens is 322 g/mol. The normalized spacial score (nSPS) is 17.6. The van der Waals surface area contributed by atoms with E-state index in [1.165, 1.54) is 0 Å². The standard InChI is InChI=1S/C16H4F6O/c17-6-3-4-1-2-5-8-7(4)9(12(6)19)13(20)14(21)10(8)15(22)16(23)11(5)18/h1-3,11H.